The summed E-state index contributed by atoms with van der Waals surface area (Å²) in [5, 5.41) is 23.5. The van der Waals surface area contributed by atoms with Gasteiger partial charge in [-0.3, -0.25) is 4.90 Å². The number of rotatable bonds is 4. The summed E-state index contributed by atoms with van der Waals surface area (Å²) in [5.41, 5.74) is -0.916. The van der Waals surface area contributed by atoms with E-state index in [0.717, 1.165) is 44.1 Å². The summed E-state index contributed by atoms with van der Waals surface area (Å²) in [6.45, 7) is 2.16. The Balaban J connectivity index is 1.56. The van der Waals surface area contributed by atoms with Crippen LogP contribution in [0.4, 0.5) is 0 Å². The Bertz CT molecular complexity index is 459. The van der Waals surface area contributed by atoms with E-state index < -0.39 is 5.60 Å². The molecule has 2 fully saturated rings. The van der Waals surface area contributed by atoms with Crippen LogP contribution >= 0.6 is 0 Å². The van der Waals surface area contributed by atoms with Crippen LogP contribution in [0.3, 0.4) is 0 Å². The largest absolute Gasteiger partial charge is 0.393 e. The van der Waals surface area contributed by atoms with Gasteiger partial charge in [-0.2, -0.15) is 4.98 Å². The molecule has 1 aliphatic carbocycles. The Labute approximate surface area is 125 Å². The second kappa shape index (κ2) is 6.42. The summed E-state index contributed by atoms with van der Waals surface area (Å²) in [4.78, 5) is 6.78. The van der Waals surface area contributed by atoms with Gasteiger partial charge >= 0.3 is 0 Å². The molecule has 21 heavy (non-hydrogen) atoms. The van der Waals surface area contributed by atoms with E-state index in [1.165, 1.54) is 12.8 Å². The Morgan fingerprint density at radius 2 is 2.00 bits per heavy atom. The van der Waals surface area contributed by atoms with Crippen LogP contribution in [0.25, 0.3) is 0 Å². The SMILES string of the molecule is OC[C@]1(O)CCCN(Cc2noc(C3CCCC3)n2)CC1. The third-order valence-electron chi connectivity index (χ3n) is 4.86. The van der Waals surface area contributed by atoms with Crippen molar-refractivity contribution in [3.05, 3.63) is 11.7 Å². The Kier molecular flexibility index (Phi) is 4.57. The molecule has 0 aromatic carbocycles. The first-order valence-corrected chi connectivity index (χ1v) is 8.07. The lowest BCUT2D eigenvalue weighted by Gasteiger charge is -2.23. The van der Waals surface area contributed by atoms with Gasteiger partial charge in [0, 0.05) is 12.5 Å². The highest BCUT2D eigenvalue weighted by Crippen LogP contribution is 2.33. The Morgan fingerprint density at radius 3 is 2.76 bits per heavy atom. The van der Waals surface area contributed by atoms with E-state index in [4.69, 9.17) is 4.52 Å². The minimum Gasteiger partial charge on any atom is -0.393 e. The highest BCUT2D eigenvalue weighted by atomic mass is 16.5. The van der Waals surface area contributed by atoms with Crippen LogP contribution in [0.15, 0.2) is 4.52 Å². The monoisotopic (exact) mass is 295 g/mol. The summed E-state index contributed by atoms with van der Waals surface area (Å²) in [7, 11) is 0. The van der Waals surface area contributed by atoms with E-state index in [1.807, 2.05) is 0 Å². The van der Waals surface area contributed by atoms with Gasteiger partial charge in [0.15, 0.2) is 5.82 Å². The Morgan fingerprint density at radius 1 is 1.19 bits per heavy atom. The quantitative estimate of drug-likeness (QED) is 0.874. The molecule has 0 spiro atoms. The first-order chi connectivity index (χ1) is 10.2. The average molecular weight is 295 g/mol. The molecule has 118 valence electrons. The molecule has 1 aromatic heterocycles. The van der Waals surface area contributed by atoms with Crippen molar-refractivity contribution in [2.45, 2.75) is 63.0 Å². The van der Waals surface area contributed by atoms with Gasteiger partial charge in [-0.05, 0) is 38.6 Å². The fraction of sp³-hybridized carbons (Fsp3) is 0.867. The summed E-state index contributed by atoms with van der Waals surface area (Å²) in [5.74, 6) is 1.99. The number of aromatic nitrogens is 2. The first-order valence-electron chi connectivity index (χ1n) is 8.07. The van der Waals surface area contributed by atoms with Gasteiger partial charge in [0.2, 0.25) is 5.89 Å². The standard InChI is InChI=1S/C15H25N3O3/c19-11-15(20)6-3-8-18(9-7-15)10-13-16-14(21-17-13)12-4-1-2-5-12/h12,19-20H,1-11H2/t15-/m0/s1. The van der Waals surface area contributed by atoms with E-state index >= 15 is 0 Å². The zero-order valence-electron chi connectivity index (χ0n) is 12.5. The average Bonchev–Trinajstić information content (AvgIpc) is 3.12. The number of aliphatic hydroxyl groups is 2. The van der Waals surface area contributed by atoms with E-state index in [2.05, 4.69) is 15.0 Å². The minimum absolute atomic E-state index is 0.158. The van der Waals surface area contributed by atoms with Crippen molar-refractivity contribution >= 4 is 0 Å². The molecule has 1 atom stereocenters. The second-order valence-electron chi connectivity index (χ2n) is 6.54. The molecule has 1 saturated heterocycles. The first kappa shape index (κ1) is 14.9. The van der Waals surface area contributed by atoms with Gasteiger partial charge < -0.3 is 14.7 Å². The van der Waals surface area contributed by atoms with Crippen molar-refractivity contribution in [2.75, 3.05) is 19.7 Å². The topological polar surface area (TPSA) is 82.6 Å². The molecule has 2 heterocycles. The fourth-order valence-corrected chi connectivity index (χ4v) is 3.42. The van der Waals surface area contributed by atoms with Crippen molar-refractivity contribution in [3.63, 3.8) is 0 Å². The van der Waals surface area contributed by atoms with E-state index in [-0.39, 0.29) is 6.61 Å². The number of aliphatic hydroxyl groups excluding tert-OH is 1. The molecule has 6 heteroatoms. The van der Waals surface area contributed by atoms with Gasteiger partial charge in [-0.25, -0.2) is 0 Å². The maximum atomic E-state index is 10.2. The van der Waals surface area contributed by atoms with Gasteiger partial charge in [-0.1, -0.05) is 18.0 Å². The number of likely N-dealkylation sites (tertiary alicyclic amines) is 1. The smallest absolute Gasteiger partial charge is 0.229 e. The van der Waals surface area contributed by atoms with Crippen LogP contribution in [0.1, 0.15) is 62.6 Å². The maximum absolute atomic E-state index is 10.2. The second-order valence-corrected chi connectivity index (χ2v) is 6.54. The molecule has 0 radical (unpaired) electrons. The molecule has 2 aliphatic rings. The third kappa shape index (κ3) is 3.62. The summed E-state index contributed by atoms with van der Waals surface area (Å²) in [6, 6.07) is 0. The minimum atomic E-state index is -0.916. The van der Waals surface area contributed by atoms with E-state index in [0.29, 0.717) is 25.3 Å². The van der Waals surface area contributed by atoms with Gasteiger partial charge in [0.25, 0.3) is 0 Å². The van der Waals surface area contributed by atoms with Crippen molar-refractivity contribution in [1.82, 2.24) is 15.0 Å². The predicted molar refractivity (Wildman–Crippen MR) is 76.7 cm³/mol. The van der Waals surface area contributed by atoms with Crippen LogP contribution in [-0.4, -0.2) is 50.6 Å². The highest BCUT2D eigenvalue weighted by molar-refractivity contribution is 4.96. The molecule has 6 nitrogen and oxygen atoms in total. The molecular weight excluding hydrogens is 270 g/mol. The number of hydrogen-bond acceptors (Lipinski definition) is 6. The third-order valence-corrected chi connectivity index (χ3v) is 4.86. The molecule has 0 bridgehead atoms. The predicted octanol–water partition coefficient (Wildman–Crippen LogP) is 1.44. The van der Waals surface area contributed by atoms with Gasteiger partial charge in [-0.15, -0.1) is 0 Å². The lowest BCUT2D eigenvalue weighted by molar-refractivity contribution is -0.0255. The molecule has 2 N–H and O–H groups in total. The zero-order chi connectivity index (χ0) is 14.7. The maximum Gasteiger partial charge on any atom is 0.229 e. The van der Waals surface area contributed by atoms with Crippen molar-refractivity contribution in [3.8, 4) is 0 Å². The van der Waals surface area contributed by atoms with E-state index in [9.17, 15) is 10.2 Å². The van der Waals surface area contributed by atoms with Crippen LogP contribution in [0.5, 0.6) is 0 Å². The summed E-state index contributed by atoms with van der Waals surface area (Å²) >= 11 is 0. The lowest BCUT2D eigenvalue weighted by Crippen LogP contribution is -2.34. The van der Waals surface area contributed by atoms with Crippen molar-refractivity contribution in [1.29, 1.82) is 0 Å². The van der Waals surface area contributed by atoms with Crippen LogP contribution in [0.2, 0.25) is 0 Å². The molecule has 0 unspecified atom stereocenters. The van der Waals surface area contributed by atoms with Crippen LogP contribution in [-0.2, 0) is 6.54 Å². The molecular formula is C15H25N3O3. The molecule has 1 aromatic rings. The lowest BCUT2D eigenvalue weighted by atomic mass is 9.96. The van der Waals surface area contributed by atoms with Crippen molar-refractivity contribution in [2.24, 2.45) is 0 Å². The summed E-state index contributed by atoms with van der Waals surface area (Å²) < 4.78 is 5.41. The molecule has 1 aliphatic heterocycles. The highest BCUT2D eigenvalue weighted by Gasteiger charge is 2.30. The van der Waals surface area contributed by atoms with Gasteiger partial charge in [0.05, 0.1) is 18.8 Å². The van der Waals surface area contributed by atoms with Crippen LogP contribution < -0.4 is 0 Å². The Hall–Kier alpha value is -0.980. The van der Waals surface area contributed by atoms with Gasteiger partial charge in [0.1, 0.15) is 0 Å². The van der Waals surface area contributed by atoms with Crippen molar-refractivity contribution < 1.29 is 14.7 Å². The van der Waals surface area contributed by atoms with E-state index in [1.54, 1.807) is 0 Å². The fourth-order valence-electron chi connectivity index (χ4n) is 3.42. The number of nitrogens with zero attached hydrogens (tertiary/aromatic N) is 3. The summed E-state index contributed by atoms with van der Waals surface area (Å²) in [6.07, 6.45) is 6.97. The normalized spacial score (nSPS) is 28.9. The van der Waals surface area contributed by atoms with Crippen LogP contribution in [0, 0.1) is 0 Å². The number of hydrogen-bond donors (Lipinski definition) is 2. The zero-order valence-corrected chi connectivity index (χ0v) is 12.5. The molecule has 0 amide bonds. The molecule has 1 saturated carbocycles. The molecule has 3 rings (SSSR count).